The van der Waals surface area contributed by atoms with E-state index >= 15 is 0 Å². The van der Waals surface area contributed by atoms with Gasteiger partial charge in [0.1, 0.15) is 11.4 Å². The number of amides is 3. The van der Waals surface area contributed by atoms with Crippen LogP contribution < -0.4 is 21.2 Å². The van der Waals surface area contributed by atoms with Gasteiger partial charge in [-0.15, -0.1) is 0 Å². The number of methoxy groups -OCH3 is 1. The number of carbonyl (C=O) groups excluding carboxylic acids is 2. The molecule has 0 aliphatic carbocycles. The van der Waals surface area contributed by atoms with Crippen LogP contribution in [0.4, 0.5) is 10.5 Å². The molecule has 8 heteroatoms. The van der Waals surface area contributed by atoms with Crippen LogP contribution in [0.25, 0.3) is 10.9 Å². The van der Waals surface area contributed by atoms with Gasteiger partial charge in [0.15, 0.2) is 0 Å². The van der Waals surface area contributed by atoms with E-state index in [9.17, 15) is 14.4 Å². The molecule has 132 valence electrons. The first-order valence-electron chi connectivity index (χ1n) is 8.05. The predicted octanol–water partition coefficient (Wildman–Crippen LogP) is 1.27. The summed E-state index contributed by atoms with van der Waals surface area (Å²) in [6.07, 6.45) is 2.82. The van der Waals surface area contributed by atoms with E-state index < -0.39 is 11.9 Å². The molecular formula is C17H20N4O4. The van der Waals surface area contributed by atoms with Crippen molar-refractivity contribution in [3.63, 3.8) is 0 Å². The van der Waals surface area contributed by atoms with Gasteiger partial charge in [-0.05, 0) is 25.0 Å². The molecule has 0 radical (unpaired) electrons. The Morgan fingerprint density at radius 2 is 2.20 bits per heavy atom. The van der Waals surface area contributed by atoms with Gasteiger partial charge in [-0.1, -0.05) is 6.07 Å². The molecule has 1 atom stereocenters. The molecule has 1 aromatic heterocycles. The van der Waals surface area contributed by atoms with Crippen molar-refractivity contribution in [2.24, 2.45) is 11.7 Å². The summed E-state index contributed by atoms with van der Waals surface area (Å²) in [4.78, 5) is 40.9. The molecule has 1 aliphatic heterocycles. The molecule has 1 unspecified atom stereocenters. The van der Waals surface area contributed by atoms with Crippen molar-refractivity contribution in [1.29, 1.82) is 0 Å². The summed E-state index contributed by atoms with van der Waals surface area (Å²) in [6, 6.07) is 4.70. The number of aromatic amines is 1. The fourth-order valence-electron chi connectivity index (χ4n) is 3.08. The second-order valence-corrected chi connectivity index (χ2v) is 6.03. The number of ether oxygens (including phenoxy) is 1. The van der Waals surface area contributed by atoms with Gasteiger partial charge in [-0.3, -0.25) is 9.59 Å². The predicted molar refractivity (Wildman–Crippen MR) is 93.6 cm³/mol. The van der Waals surface area contributed by atoms with Gasteiger partial charge in [0.05, 0.1) is 23.9 Å². The third-order valence-corrected chi connectivity index (χ3v) is 4.45. The van der Waals surface area contributed by atoms with Crippen LogP contribution in [0.15, 0.2) is 29.2 Å². The molecule has 0 bridgehead atoms. The molecular weight excluding hydrogens is 324 g/mol. The molecule has 1 aromatic carbocycles. The number of urea groups is 1. The molecule has 1 fully saturated rings. The fraction of sp³-hybridized carbons (Fsp3) is 0.353. The number of aromatic nitrogens is 1. The SMILES string of the molecule is COc1cccc2c(=O)c(NC(=O)N3CCCC(C(N)=O)C3)c[nH]c12. The first kappa shape index (κ1) is 16.8. The number of para-hydroxylation sites is 1. The number of pyridine rings is 1. The molecule has 25 heavy (non-hydrogen) atoms. The number of fused-ring (bicyclic) bond motifs is 1. The first-order chi connectivity index (χ1) is 12.0. The maximum Gasteiger partial charge on any atom is 0.322 e. The zero-order valence-corrected chi connectivity index (χ0v) is 13.9. The number of primary amides is 1. The number of rotatable bonds is 3. The molecule has 8 nitrogen and oxygen atoms in total. The van der Waals surface area contributed by atoms with Crippen molar-refractivity contribution in [2.75, 3.05) is 25.5 Å². The standard InChI is InChI=1S/C17H20N4O4/c1-25-13-6-2-5-11-14(13)19-8-12(15(11)22)20-17(24)21-7-3-4-10(9-21)16(18)23/h2,5-6,8,10H,3-4,7,9H2,1H3,(H2,18,23)(H,19,22)(H,20,24). The molecule has 0 saturated carbocycles. The van der Waals surface area contributed by atoms with Gasteiger partial charge in [0, 0.05) is 19.3 Å². The van der Waals surface area contributed by atoms with Crippen molar-refractivity contribution in [2.45, 2.75) is 12.8 Å². The Morgan fingerprint density at radius 3 is 2.92 bits per heavy atom. The topological polar surface area (TPSA) is 118 Å². The second kappa shape index (κ2) is 6.84. The lowest BCUT2D eigenvalue weighted by atomic mass is 9.98. The summed E-state index contributed by atoms with van der Waals surface area (Å²) in [5, 5.41) is 3.04. The van der Waals surface area contributed by atoms with Crippen LogP contribution in [0.1, 0.15) is 12.8 Å². The van der Waals surface area contributed by atoms with Crippen molar-refractivity contribution >= 4 is 28.5 Å². The summed E-state index contributed by atoms with van der Waals surface area (Å²) >= 11 is 0. The number of H-pyrrole nitrogens is 1. The minimum absolute atomic E-state index is 0.145. The average molecular weight is 344 g/mol. The number of nitrogens with zero attached hydrogens (tertiary/aromatic N) is 1. The van der Waals surface area contributed by atoms with Crippen molar-refractivity contribution in [1.82, 2.24) is 9.88 Å². The zero-order valence-electron chi connectivity index (χ0n) is 13.9. The quantitative estimate of drug-likeness (QED) is 0.777. The highest BCUT2D eigenvalue weighted by Crippen LogP contribution is 2.22. The largest absolute Gasteiger partial charge is 0.495 e. The lowest BCUT2D eigenvalue weighted by Gasteiger charge is -2.31. The van der Waals surface area contributed by atoms with Crippen LogP contribution >= 0.6 is 0 Å². The molecule has 1 aliphatic rings. The van der Waals surface area contributed by atoms with E-state index in [0.29, 0.717) is 36.0 Å². The van der Waals surface area contributed by atoms with Crippen LogP contribution in [0.2, 0.25) is 0 Å². The van der Waals surface area contributed by atoms with Gasteiger partial charge in [0.25, 0.3) is 0 Å². The van der Waals surface area contributed by atoms with E-state index in [-0.39, 0.29) is 23.6 Å². The summed E-state index contributed by atoms with van der Waals surface area (Å²) in [7, 11) is 1.52. The number of hydrogen-bond acceptors (Lipinski definition) is 4. The van der Waals surface area contributed by atoms with E-state index in [2.05, 4.69) is 10.3 Å². The Hall–Kier alpha value is -3.03. The normalized spacial score (nSPS) is 17.3. The van der Waals surface area contributed by atoms with Crippen LogP contribution in [0.5, 0.6) is 5.75 Å². The van der Waals surface area contributed by atoms with Crippen molar-refractivity contribution in [3.05, 3.63) is 34.6 Å². The number of anilines is 1. The third kappa shape index (κ3) is 3.28. The lowest BCUT2D eigenvalue weighted by molar-refractivity contribution is -0.123. The maximum atomic E-state index is 12.6. The van der Waals surface area contributed by atoms with Gasteiger partial charge < -0.3 is 25.7 Å². The highest BCUT2D eigenvalue weighted by Gasteiger charge is 2.27. The minimum Gasteiger partial charge on any atom is -0.495 e. The molecule has 0 spiro atoms. The molecule has 2 heterocycles. The fourth-order valence-corrected chi connectivity index (χ4v) is 3.08. The van der Waals surface area contributed by atoms with Crippen LogP contribution in [0, 0.1) is 5.92 Å². The molecule has 3 amide bonds. The molecule has 4 N–H and O–H groups in total. The van der Waals surface area contributed by atoms with Gasteiger partial charge >= 0.3 is 6.03 Å². The second-order valence-electron chi connectivity index (χ2n) is 6.03. The number of piperidine rings is 1. The Balaban J connectivity index is 1.83. The summed E-state index contributed by atoms with van der Waals surface area (Å²) in [5.74, 6) is -0.209. The number of nitrogens with one attached hydrogen (secondary N) is 2. The van der Waals surface area contributed by atoms with Crippen LogP contribution in [0.3, 0.4) is 0 Å². The van der Waals surface area contributed by atoms with E-state index in [1.54, 1.807) is 18.2 Å². The van der Waals surface area contributed by atoms with E-state index in [4.69, 9.17) is 10.5 Å². The zero-order chi connectivity index (χ0) is 18.0. The first-order valence-corrected chi connectivity index (χ1v) is 8.05. The summed E-state index contributed by atoms with van der Waals surface area (Å²) < 4.78 is 5.22. The van der Waals surface area contributed by atoms with Crippen molar-refractivity contribution < 1.29 is 14.3 Å². The van der Waals surface area contributed by atoms with E-state index in [0.717, 1.165) is 0 Å². The molecule has 1 saturated heterocycles. The smallest absolute Gasteiger partial charge is 0.322 e. The highest BCUT2D eigenvalue weighted by molar-refractivity contribution is 5.93. The summed E-state index contributed by atoms with van der Waals surface area (Å²) in [6.45, 7) is 0.787. The highest BCUT2D eigenvalue weighted by atomic mass is 16.5. The number of carbonyl (C=O) groups is 2. The van der Waals surface area contributed by atoms with Crippen LogP contribution in [-0.4, -0.2) is 42.0 Å². The lowest BCUT2D eigenvalue weighted by Crippen LogP contribution is -2.46. The van der Waals surface area contributed by atoms with Gasteiger partial charge in [0.2, 0.25) is 11.3 Å². The van der Waals surface area contributed by atoms with E-state index in [1.165, 1.54) is 18.2 Å². The Kier molecular flexibility index (Phi) is 4.60. The monoisotopic (exact) mass is 344 g/mol. The molecule has 2 aromatic rings. The number of benzene rings is 1. The van der Waals surface area contributed by atoms with Crippen molar-refractivity contribution in [3.8, 4) is 5.75 Å². The summed E-state index contributed by atoms with van der Waals surface area (Å²) in [5.41, 5.74) is 5.74. The Bertz CT molecular complexity index is 877. The Morgan fingerprint density at radius 1 is 1.40 bits per heavy atom. The Labute approximate surface area is 143 Å². The minimum atomic E-state index is -0.418. The molecule has 3 rings (SSSR count). The van der Waals surface area contributed by atoms with E-state index in [1.807, 2.05) is 0 Å². The number of likely N-dealkylation sites (tertiary alicyclic amines) is 1. The average Bonchev–Trinajstić information content (AvgIpc) is 2.63. The van der Waals surface area contributed by atoms with Gasteiger partial charge in [-0.2, -0.15) is 0 Å². The number of nitrogens with two attached hydrogens (primary N) is 1. The number of hydrogen-bond donors (Lipinski definition) is 3. The van der Waals surface area contributed by atoms with Crippen LogP contribution in [-0.2, 0) is 4.79 Å². The van der Waals surface area contributed by atoms with Gasteiger partial charge in [-0.25, -0.2) is 4.79 Å². The maximum absolute atomic E-state index is 12.6. The third-order valence-electron chi connectivity index (χ3n) is 4.45.